The summed E-state index contributed by atoms with van der Waals surface area (Å²) < 4.78 is 25.5. The Hall–Kier alpha value is -0.430. The highest BCUT2D eigenvalue weighted by atomic mass is 79.9. The fraction of sp³-hybridized carbons (Fsp3) is 0.571. The summed E-state index contributed by atoms with van der Waals surface area (Å²) in [5.41, 5.74) is 0. The highest BCUT2D eigenvalue weighted by Crippen LogP contribution is 2.16. The Kier molecular flexibility index (Phi) is 5.23. The summed E-state index contributed by atoms with van der Waals surface area (Å²) in [5, 5.41) is 3.40. The lowest BCUT2D eigenvalue weighted by Crippen LogP contribution is -2.55. The molecule has 1 N–H and O–H groups in total. The van der Waals surface area contributed by atoms with Crippen LogP contribution in [0.3, 0.4) is 0 Å². The summed E-state index contributed by atoms with van der Waals surface area (Å²) >= 11 is 3.32. The van der Waals surface area contributed by atoms with E-state index < -0.39 is 9.84 Å². The van der Waals surface area contributed by atoms with Crippen LogP contribution in [0, 0.1) is 0 Å². The predicted octanol–water partition coefficient (Wildman–Crippen LogP) is 1.91. The molecule has 0 bridgehead atoms. The van der Waals surface area contributed by atoms with Gasteiger partial charge in [0.25, 0.3) is 0 Å². The van der Waals surface area contributed by atoms with Crippen LogP contribution in [-0.4, -0.2) is 50.8 Å². The zero-order valence-corrected chi connectivity index (χ0v) is 14.2. The Morgan fingerprint density at radius 3 is 2.60 bits per heavy atom. The van der Waals surface area contributed by atoms with Gasteiger partial charge in [0.05, 0.1) is 10.6 Å². The molecule has 1 heterocycles. The Morgan fingerprint density at radius 1 is 1.30 bits per heavy atom. The van der Waals surface area contributed by atoms with Gasteiger partial charge >= 0.3 is 0 Å². The first kappa shape index (κ1) is 15.9. The van der Waals surface area contributed by atoms with Gasteiger partial charge in [-0.3, -0.25) is 4.90 Å². The van der Waals surface area contributed by atoms with Crippen LogP contribution in [0.1, 0.15) is 13.8 Å². The average Bonchev–Trinajstić information content (AvgIpc) is 2.40. The number of piperazine rings is 1. The van der Waals surface area contributed by atoms with Gasteiger partial charge in [0.15, 0.2) is 9.84 Å². The minimum atomic E-state index is -3.20. The zero-order valence-electron chi connectivity index (χ0n) is 11.8. The van der Waals surface area contributed by atoms with Crippen molar-refractivity contribution in [3.8, 4) is 0 Å². The van der Waals surface area contributed by atoms with Crippen LogP contribution < -0.4 is 5.32 Å². The number of nitrogens with zero attached hydrogens (tertiary/aromatic N) is 1. The normalized spacial score (nSPS) is 24.8. The number of rotatable bonds is 4. The van der Waals surface area contributed by atoms with E-state index in [9.17, 15) is 8.42 Å². The van der Waals surface area contributed by atoms with Crippen LogP contribution in [0.4, 0.5) is 0 Å². The highest BCUT2D eigenvalue weighted by molar-refractivity contribution is 9.10. The van der Waals surface area contributed by atoms with E-state index in [2.05, 4.69) is 40.0 Å². The van der Waals surface area contributed by atoms with Crippen LogP contribution >= 0.6 is 15.9 Å². The minimum Gasteiger partial charge on any atom is -0.311 e. The maximum absolute atomic E-state index is 12.3. The lowest BCUT2D eigenvalue weighted by Gasteiger charge is -2.37. The van der Waals surface area contributed by atoms with Gasteiger partial charge in [-0.1, -0.05) is 15.9 Å². The van der Waals surface area contributed by atoms with E-state index in [-0.39, 0.29) is 5.75 Å². The maximum Gasteiger partial charge on any atom is 0.179 e. The number of hydrogen-bond acceptors (Lipinski definition) is 4. The average molecular weight is 361 g/mol. The lowest BCUT2D eigenvalue weighted by molar-refractivity contribution is 0.155. The molecule has 0 radical (unpaired) electrons. The smallest absolute Gasteiger partial charge is 0.179 e. The molecule has 1 fully saturated rings. The van der Waals surface area contributed by atoms with Crippen molar-refractivity contribution < 1.29 is 8.42 Å². The Balaban J connectivity index is 2.00. The molecular formula is C14H21BrN2O2S. The molecule has 0 spiro atoms. The minimum absolute atomic E-state index is 0.172. The maximum atomic E-state index is 12.3. The quantitative estimate of drug-likeness (QED) is 0.890. The van der Waals surface area contributed by atoms with Gasteiger partial charge in [-0.2, -0.15) is 0 Å². The number of benzene rings is 1. The van der Waals surface area contributed by atoms with Crippen LogP contribution in [0.25, 0.3) is 0 Å². The Bertz CT molecular complexity index is 545. The van der Waals surface area contributed by atoms with Crippen LogP contribution in [-0.2, 0) is 9.84 Å². The third kappa shape index (κ3) is 4.04. The standard InChI is InChI=1S/C14H21BrN2O2S/c1-11-10-17(12(2)9-16-11)7-8-20(18,19)14-5-3-13(15)4-6-14/h3-6,11-12,16H,7-10H2,1-2H3. The fourth-order valence-corrected chi connectivity index (χ4v) is 3.93. The molecular weight excluding hydrogens is 340 g/mol. The molecule has 0 amide bonds. The molecule has 112 valence electrons. The number of nitrogens with one attached hydrogen (secondary N) is 1. The monoisotopic (exact) mass is 360 g/mol. The van der Waals surface area contributed by atoms with Gasteiger partial charge in [0.1, 0.15) is 0 Å². The molecule has 0 aliphatic carbocycles. The van der Waals surface area contributed by atoms with Crippen molar-refractivity contribution in [3.05, 3.63) is 28.7 Å². The Morgan fingerprint density at radius 2 is 1.95 bits per heavy atom. The van der Waals surface area contributed by atoms with Crippen molar-refractivity contribution in [3.63, 3.8) is 0 Å². The van der Waals surface area contributed by atoms with E-state index in [1.54, 1.807) is 24.3 Å². The molecule has 0 aromatic heterocycles. The molecule has 1 saturated heterocycles. The van der Waals surface area contributed by atoms with Crippen molar-refractivity contribution >= 4 is 25.8 Å². The van der Waals surface area contributed by atoms with E-state index in [4.69, 9.17) is 0 Å². The summed E-state index contributed by atoms with van der Waals surface area (Å²) in [6.07, 6.45) is 0. The van der Waals surface area contributed by atoms with E-state index in [0.29, 0.717) is 23.5 Å². The molecule has 20 heavy (non-hydrogen) atoms. The molecule has 2 rings (SSSR count). The summed E-state index contributed by atoms with van der Waals surface area (Å²) in [6, 6.07) is 7.64. The first-order chi connectivity index (χ1) is 9.38. The second-order valence-electron chi connectivity index (χ2n) is 5.43. The largest absolute Gasteiger partial charge is 0.311 e. The first-order valence-corrected chi connectivity index (χ1v) is 9.29. The number of hydrogen-bond donors (Lipinski definition) is 1. The third-order valence-electron chi connectivity index (χ3n) is 3.71. The van der Waals surface area contributed by atoms with Crippen molar-refractivity contribution in [2.45, 2.75) is 30.8 Å². The van der Waals surface area contributed by atoms with Crippen LogP contribution in [0.2, 0.25) is 0 Å². The molecule has 1 aromatic rings. The molecule has 0 saturated carbocycles. The van der Waals surface area contributed by atoms with E-state index in [1.807, 2.05) is 0 Å². The summed E-state index contributed by atoms with van der Waals surface area (Å²) in [6.45, 7) is 6.66. The van der Waals surface area contributed by atoms with Gasteiger partial charge in [-0.05, 0) is 38.1 Å². The fourth-order valence-electron chi connectivity index (χ4n) is 2.41. The summed E-state index contributed by atoms with van der Waals surface area (Å²) in [7, 11) is -3.20. The molecule has 2 atom stereocenters. The topological polar surface area (TPSA) is 49.4 Å². The number of halogens is 1. The molecule has 2 unspecified atom stereocenters. The van der Waals surface area contributed by atoms with Gasteiger partial charge in [-0.25, -0.2) is 8.42 Å². The first-order valence-electron chi connectivity index (χ1n) is 6.84. The lowest BCUT2D eigenvalue weighted by atomic mass is 10.1. The SMILES string of the molecule is CC1CN(CCS(=O)(=O)c2ccc(Br)cc2)C(C)CN1. The van der Waals surface area contributed by atoms with Crippen LogP contribution in [0.5, 0.6) is 0 Å². The Labute approximate surface area is 129 Å². The second-order valence-corrected chi connectivity index (χ2v) is 8.45. The molecule has 1 aromatic carbocycles. The van der Waals surface area contributed by atoms with Gasteiger partial charge in [0, 0.05) is 36.2 Å². The molecule has 1 aliphatic rings. The van der Waals surface area contributed by atoms with E-state index in [0.717, 1.165) is 17.6 Å². The third-order valence-corrected chi connectivity index (χ3v) is 5.95. The zero-order chi connectivity index (χ0) is 14.8. The van der Waals surface area contributed by atoms with E-state index in [1.165, 1.54) is 0 Å². The highest BCUT2D eigenvalue weighted by Gasteiger charge is 2.24. The molecule has 6 heteroatoms. The summed E-state index contributed by atoms with van der Waals surface area (Å²) in [5.74, 6) is 0.172. The number of sulfone groups is 1. The molecule has 1 aliphatic heterocycles. The van der Waals surface area contributed by atoms with Crippen molar-refractivity contribution in [1.29, 1.82) is 0 Å². The van der Waals surface area contributed by atoms with Gasteiger partial charge in [0.2, 0.25) is 0 Å². The van der Waals surface area contributed by atoms with Crippen molar-refractivity contribution in [2.75, 3.05) is 25.4 Å². The van der Waals surface area contributed by atoms with E-state index >= 15 is 0 Å². The molecule has 4 nitrogen and oxygen atoms in total. The van der Waals surface area contributed by atoms with Crippen LogP contribution in [0.15, 0.2) is 33.6 Å². The predicted molar refractivity (Wildman–Crippen MR) is 84.7 cm³/mol. The van der Waals surface area contributed by atoms with Crippen molar-refractivity contribution in [2.24, 2.45) is 0 Å². The van der Waals surface area contributed by atoms with Crippen molar-refractivity contribution in [1.82, 2.24) is 10.2 Å². The second kappa shape index (κ2) is 6.56. The summed E-state index contributed by atoms with van der Waals surface area (Å²) in [4.78, 5) is 2.65. The van der Waals surface area contributed by atoms with Gasteiger partial charge < -0.3 is 5.32 Å². The van der Waals surface area contributed by atoms with Gasteiger partial charge in [-0.15, -0.1) is 0 Å².